The summed E-state index contributed by atoms with van der Waals surface area (Å²) in [6.45, 7) is 2.51. The Hall–Kier alpha value is -1.79. The number of aryl methyl sites for hydroxylation is 1. The fourth-order valence-electron chi connectivity index (χ4n) is 4.65. The smallest absolute Gasteiger partial charge is 0.342 e. The van der Waals surface area contributed by atoms with Crippen molar-refractivity contribution in [1.82, 2.24) is 0 Å². The number of hydrogen-bond acceptors (Lipinski definition) is 6. The molecule has 0 aromatic heterocycles. The monoisotopic (exact) mass is 486 g/mol. The van der Waals surface area contributed by atoms with E-state index < -0.39 is 0 Å². The van der Waals surface area contributed by atoms with E-state index in [9.17, 15) is 4.79 Å². The van der Waals surface area contributed by atoms with Gasteiger partial charge in [-0.15, -0.1) is 23.5 Å². The quantitative estimate of drug-likeness (QED) is 0.438. The van der Waals surface area contributed by atoms with Crippen molar-refractivity contribution >= 4 is 29.5 Å². The van der Waals surface area contributed by atoms with Crippen LogP contribution in [-0.2, 0) is 17.8 Å². The summed E-state index contributed by atoms with van der Waals surface area (Å²) in [4.78, 5) is 13.3. The van der Waals surface area contributed by atoms with E-state index >= 15 is 0 Å². The zero-order valence-corrected chi connectivity index (χ0v) is 21.3. The van der Waals surface area contributed by atoms with E-state index in [1.807, 2.05) is 49.4 Å². The lowest BCUT2D eigenvalue weighted by molar-refractivity contribution is 0.0311. The Bertz CT molecular complexity index is 925. The number of cyclic esters (lactones) is 1. The van der Waals surface area contributed by atoms with E-state index in [-0.39, 0.29) is 16.2 Å². The molecule has 1 spiro atoms. The van der Waals surface area contributed by atoms with Crippen LogP contribution in [0.25, 0.3) is 0 Å². The highest BCUT2D eigenvalue weighted by atomic mass is 32.2. The summed E-state index contributed by atoms with van der Waals surface area (Å²) in [7, 11) is 1.60. The zero-order valence-electron chi connectivity index (χ0n) is 19.6. The van der Waals surface area contributed by atoms with Crippen LogP contribution >= 0.6 is 23.5 Å². The van der Waals surface area contributed by atoms with Gasteiger partial charge in [-0.25, -0.2) is 4.79 Å². The SMILES string of the molecule is COc1cc(OCc2ccccc2)cc2c1C(=O)O[C@H](C)CC1(CCCCC2)SCCCS1. The number of fused-ring (bicyclic) bond motifs is 1. The molecule has 0 amide bonds. The standard InChI is InChI=1S/C27H34O4S2/c1-20-18-27(32-14-9-15-33-27)13-8-4-7-12-22-16-23(30-19-21-10-5-3-6-11-21)17-24(29-2)25(22)26(28)31-20/h3,5-6,10-11,16-17,20H,4,7-9,12-15,18-19H2,1-2H3/t20-/m1/s1. The summed E-state index contributed by atoms with van der Waals surface area (Å²) < 4.78 is 17.9. The van der Waals surface area contributed by atoms with Crippen LogP contribution < -0.4 is 9.47 Å². The molecular formula is C27H34O4S2. The summed E-state index contributed by atoms with van der Waals surface area (Å²) in [5, 5.41) is 0. The first kappa shape index (κ1) is 24.3. The Morgan fingerprint density at radius 3 is 2.61 bits per heavy atom. The molecule has 2 aromatic rings. The molecule has 0 aliphatic carbocycles. The van der Waals surface area contributed by atoms with Crippen LogP contribution in [-0.4, -0.2) is 34.8 Å². The summed E-state index contributed by atoms with van der Waals surface area (Å²) >= 11 is 4.14. The van der Waals surface area contributed by atoms with Crippen LogP contribution in [0.15, 0.2) is 42.5 Å². The lowest BCUT2D eigenvalue weighted by atomic mass is 9.98. The molecule has 4 nitrogen and oxygen atoms in total. The van der Waals surface area contributed by atoms with Gasteiger partial charge in [-0.05, 0) is 61.3 Å². The molecule has 0 radical (unpaired) electrons. The molecule has 2 aliphatic rings. The van der Waals surface area contributed by atoms with Crippen molar-refractivity contribution in [2.24, 2.45) is 0 Å². The first-order chi connectivity index (χ1) is 16.1. The van der Waals surface area contributed by atoms with Crippen LogP contribution in [0, 0.1) is 0 Å². The molecule has 2 aliphatic heterocycles. The average molecular weight is 487 g/mol. The van der Waals surface area contributed by atoms with Crippen molar-refractivity contribution < 1.29 is 19.0 Å². The lowest BCUT2D eigenvalue weighted by Gasteiger charge is -2.38. The molecule has 6 heteroatoms. The third-order valence-corrected chi connectivity index (χ3v) is 9.75. The molecule has 178 valence electrons. The second-order valence-corrected chi connectivity index (χ2v) is 12.1. The van der Waals surface area contributed by atoms with Crippen LogP contribution in [0.5, 0.6) is 11.5 Å². The van der Waals surface area contributed by atoms with Gasteiger partial charge in [0.25, 0.3) is 0 Å². The largest absolute Gasteiger partial charge is 0.496 e. The number of benzene rings is 2. The minimum Gasteiger partial charge on any atom is -0.496 e. The van der Waals surface area contributed by atoms with Gasteiger partial charge in [-0.3, -0.25) is 0 Å². The number of esters is 1. The van der Waals surface area contributed by atoms with Crippen molar-refractivity contribution in [1.29, 1.82) is 0 Å². The first-order valence-corrected chi connectivity index (χ1v) is 13.9. The van der Waals surface area contributed by atoms with Gasteiger partial charge < -0.3 is 14.2 Å². The summed E-state index contributed by atoms with van der Waals surface area (Å²) in [5.41, 5.74) is 2.60. The molecule has 0 bridgehead atoms. The number of thioether (sulfide) groups is 2. The Labute approximate surface area is 206 Å². The fourth-order valence-corrected chi connectivity index (χ4v) is 8.27. The van der Waals surface area contributed by atoms with Gasteiger partial charge in [0.2, 0.25) is 0 Å². The molecule has 2 aromatic carbocycles. The molecule has 1 saturated heterocycles. The number of rotatable bonds is 4. The lowest BCUT2D eigenvalue weighted by Crippen LogP contribution is -2.32. The van der Waals surface area contributed by atoms with Crippen molar-refractivity contribution in [3.8, 4) is 11.5 Å². The first-order valence-electron chi connectivity index (χ1n) is 11.9. The highest BCUT2D eigenvalue weighted by Crippen LogP contribution is 2.49. The number of methoxy groups -OCH3 is 1. The molecule has 0 saturated carbocycles. The van der Waals surface area contributed by atoms with Crippen molar-refractivity contribution in [2.75, 3.05) is 18.6 Å². The topological polar surface area (TPSA) is 44.8 Å². The maximum absolute atomic E-state index is 13.3. The number of ether oxygens (including phenoxy) is 3. The molecule has 1 atom stereocenters. The minimum atomic E-state index is -0.287. The Kier molecular flexibility index (Phi) is 8.53. The second-order valence-electron chi connectivity index (χ2n) is 8.88. The van der Waals surface area contributed by atoms with Crippen LogP contribution in [0.4, 0.5) is 0 Å². The molecule has 1 fully saturated rings. The van der Waals surface area contributed by atoms with Crippen molar-refractivity contribution in [3.63, 3.8) is 0 Å². The van der Waals surface area contributed by atoms with E-state index in [1.54, 1.807) is 7.11 Å². The molecule has 33 heavy (non-hydrogen) atoms. The van der Waals surface area contributed by atoms with Crippen LogP contribution in [0.3, 0.4) is 0 Å². The van der Waals surface area contributed by atoms with E-state index in [1.165, 1.54) is 30.8 Å². The number of hydrogen-bond donors (Lipinski definition) is 0. The van der Waals surface area contributed by atoms with Crippen molar-refractivity contribution in [2.45, 2.75) is 68.7 Å². The molecule has 4 rings (SSSR count). The van der Waals surface area contributed by atoms with E-state index in [2.05, 4.69) is 23.5 Å². The van der Waals surface area contributed by atoms with Gasteiger partial charge in [-0.1, -0.05) is 43.2 Å². The Morgan fingerprint density at radius 2 is 1.85 bits per heavy atom. The fraction of sp³-hybridized carbons (Fsp3) is 0.519. The van der Waals surface area contributed by atoms with Crippen molar-refractivity contribution in [3.05, 3.63) is 59.2 Å². The molecular weight excluding hydrogens is 452 g/mol. The average Bonchev–Trinajstić information content (AvgIpc) is 2.82. The van der Waals surface area contributed by atoms with Crippen LogP contribution in [0.2, 0.25) is 0 Å². The molecule has 0 N–H and O–H groups in total. The molecule has 0 unspecified atom stereocenters. The van der Waals surface area contributed by atoms with E-state index in [0.717, 1.165) is 42.6 Å². The predicted octanol–water partition coefficient (Wildman–Crippen LogP) is 6.89. The van der Waals surface area contributed by atoms with Gasteiger partial charge in [0.05, 0.1) is 11.2 Å². The van der Waals surface area contributed by atoms with Gasteiger partial charge in [0.15, 0.2) is 0 Å². The normalized spacial score (nSPS) is 21.3. The second kappa shape index (κ2) is 11.6. The predicted molar refractivity (Wildman–Crippen MR) is 138 cm³/mol. The number of carbonyl (C=O) groups is 1. The van der Waals surface area contributed by atoms with Gasteiger partial charge in [0, 0.05) is 12.5 Å². The number of carbonyl (C=O) groups excluding carboxylic acids is 1. The maximum Gasteiger partial charge on any atom is 0.342 e. The summed E-state index contributed by atoms with van der Waals surface area (Å²) in [5.74, 6) is 3.37. The minimum absolute atomic E-state index is 0.137. The third-order valence-electron chi connectivity index (χ3n) is 6.26. The van der Waals surface area contributed by atoms with Crippen LogP contribution in [0.1, 0.15) is 66.9 Å². The van der Waals surface area contributed by atoms with Gasteiger partial charge in [-0.2, -0.15) is 0 Å². The summed E-state index contributed by atoms with van der Waals surface area (Å²) in [6, 6.07) is 13.9. The molecule has 2 heterocycles. The zero-order chi connectivity index (χ0) is 23.1. The van der Waals surface area contributed by atoms with Gasteiger partial charge >= 0.3 is 5.97 Å². The van der Waals surface area contributed by atoms with E-state index in [4.69, 9.17) is 14.2 Å². The van der Waals surface area contributed by atoms with Gasteiger partial charge in [0.1, 0.15) is 29.8 Å². The Morgan fingerprint density at radius 1 is 1.06 bits per heavy atom. The van der Waals surface area contributed by atoms with E-state index in [0.29, 0.717) is 17.9 Å². The third kappa shape index (κ3) is 6.42. The maximum atomic E-state index is 13.3. The highest BCUT2D eigenvalue weighted by molar-refractivity contribution is 8.18. The highest BCUT2D eigenvalue weighted by Gasteiger charge is 2.36. The Balaban J connectivity index is 1.56. The summed E-state index contributed by atoms with van der Waals surface area (Å²) in [6.07, 6.45) is 7.41.